The summed E-state index contributed by atoms with van der Waals surface area (Å²) in [6, 6.07) is 28.6. The van der Waals surface area contributed by atoms with Gasteiger partial charge in [0.1, 0.15) is 5.92 Å². The largest absolute Gasteiger partial charge is 0.326 e. The van der Waals surface area contributed by atoms with Gasteiger partial charge in [0.2, 0.25) is 5.91 Å². The summed E-state index contributed by atoms with van der Waals surface area (Å²) in [5.41, 5.74) is 3.23. The minimum atomic E-state index is -0.798. The van der Waals surface area contributed by atoms with Crippen LogP contribution in [0.15, 0.2) is 109 Å². The highest BCUT2D eigenvalue weighted by Gasteiger charge is 2.38. The molecule has 0 bridgehead atoms. The molecule has 0 aromatic heterocycles. The van der Waals surface area contributed by atoms with Crippen molar-refractivity contribution in [2.45, 2.75) is 5.92 Å². The molecule has 2 unspecified atom stereocenters. The van der Waals surface area contributed by atoms with E-state index < -0.39 is 5.92 Å². The molecule has 142 valence electrons. The monoisotopic (exact) mass is 379 g/mol. The third kappa shape index (κ3) is 4.25. The Hall–Kier alpha value is -3.72. The van der Waals surface area contributed by atoms with Gasteiger partial charge in [0.15, 0.2) is 5.78 Å². The van der Waals surface area contributed by atoms with Crippen molar-refractivity contribution in [3.8, 4) is 0 Å². The highest BCUT2D eigenvalue weighted by molar-refractivity contribution is 6.12. The second-order valence-corrected chi connectivity index (χ2v) is 7.00. The lowest BCUT2D eigenvalue weighted by Crippen LogP contribution is -2.41. The van der Waals surface area contributed by atoms with Crippen LogP contribution >= 0.6 is 0 Å². The summed E-state index contributed by atoms with van der Waals surface area (Å²) in [5, 5.41) is 2.90. The van der Waals surface area contributed by atoms with Gasteiger partial charge in [0.05, 0.1) is 0 Å². The molecular weight excluding hydrogens is 358 g/mol. The number of allylic oxidation sites excluding steroid dienone is 2. The minimum absolute atomic E-state index is 0.167. The summed E-state index contributed by atoms with van der Waals surface area (Å²) >= 11 is 0. The van der Waals surface area contributed by atoms with Gasteiger partial charge in [0, 0.05) is 17.2 Å². The second kappa shape index (κ2) is 8.53. The van der Waals surface area contributed by atoms with Gasteiger partial charge in [-0.3, -0.25) is 9.59 Å². The molecule has 1 amide bonds. The van der Waals surface area contributed by atoms with Gasteiger partial charge < -0.3 is 5.32 Å². The van der Waals surface area contributed by atoms with Gasteiger partial charge in [-0.05, 0) is 17.2 Å². The highest BCUT2D eigenvalue weighted by Crippen LogP contribution is 2.33. The predicted molar refractivity (Wildman–Crippen MR) is 115 cm³/mol. The van der Waals surface area contributed by atoms with Crippen LogP contribution < -0.4 is 5.32 Å². The number of ketones is 1. The fraction of sp³-hybridized carbons (Fsp3) is 0.0769. The zero-order valence-electron chi connectivity index (χ0n) is 15.9. The summed E-state index contributed by atoms with van der Waals surface area (Å²) in [7, 11) is 0. The van der Waals surface area contributed by atoms with E-state index >= 15 is 0 Å². The minimum Gasteiger partial charge on any atom is -0.326 e. The lowest BCUT2D eigenvalue weighted by Gasteiger charge is -2.28. The van der Waals surface area contributed by atoms with E-state index in [9.17, 15) is 9.59 Å². The first-order valence-corrected chi connectivity index (χ1v) is 9.62. The molecule has 0 saturated carbocycles. The number of carbonyl (C=O) groups excluding carboxylic acids is 2. The summed E-state index contributed by atoms with van der Waals surface area (Å²) in [6.07, 6.45) is 5.81. The van der Waals surface area contributed by atoms with Crippen LogP contribution in [0.2, 0.25) is 0 Å². The van der Waals surface area contributed by atoms with E-state index in [4.69, 9.17) is 0 Å². The molecule has 3 aromatic carbocycles. The molecule has 2 atom stereocenters. The second-order valence-electron chi connectivity index (χ2n) is 7.00. The van der Waals surface area contributed by atoms with E-state index in [1.54, 1.807) is 12.1 Å². The molecular formula is C26H21NO2. The van der Waals surface area contributed by atoms with Crippen molar-refractivity contribution < 1.29 is 9.59 Å². The molecule has 1 aliphatic heterocycles. The fourth-order valence-electron chi connectivity index (χ4n) is 3.59. The van der Waals surface area contributed by atoms with E-state index in [1.165, 1.54) is 0 Å². The first-order chi connectivity index (χ1) is 14.2. The molecule has 0 spiro atoms. The Morgan fingerprint density at radius 1 is 0.759 bits per heavy atom. The van der Waals surface area contributed by atoms with Gasteiger partial charge in [-0.1, -0.05) is 103 Å². The van der Waals surface area contributed by atoms with Crippen LogP contribution in [0.3, 0.4) is 0 Å². The number of carbonyl (C=O) groups is 2. The molecule has 3 aromatic rings. The quantitative estimate of drug-likeness (QED) is 0.501. The Morgan fingerprint density at radius 3 is 2.00 bits per heavy atom. The van der Waals surface area contributed by atoms with E-state index in [2.05, 4.69) is 5.32 Å². The zero-order chi connectivity index (χ0) is 20.1. The number of Topliss-reactive ketones (excluding diaryl/α,β-unsaturated/α-hetero) is 1. The molecule has 0 radical (unpaired) electrons. The maximum atomic E-state index is 13.2. The maximum absolute atomic E-state index is 13.2. The molecule has 3 heteroatoms. The van der Waals surface area contributed by atoms with Crippen LogP contribution in [-0.2, 0) is 4.79 Å². The van der Waals surface area contributed by atoms with Crippen molar-refractivity contribution in [1.29, 1.82) is 0 Å². The first-order valence-electron chi connectivity index (χ1n) is 9.62. The van der Waals surface area contributed by atoms with Gasteiger partial charge in [0.25, 0.3) is 0 Å². The Bertz CT molecular complexity index is 1050. The Kier molecular flexibility index (Phi) is 5.48. The molecule has 0 aliphatic carbocycles. The molecule has 1 aliphatic rings. The zero-order valence-corrected chi connectivity index (χ0v) is 15.9. The molecule has 1 heterocycles. The van der Waals surface area contributed by atoms with Crippen molar-refractivity contribution in [2.75, 3.05) is 0 Å². The van der Waals surface area contributed by atoms with Crippen molar-refractivity contribution in [1.82, 2.24) is 5.32 Å². The van der Waals surface area contributed by atoms with Crippen LogP contribution in [0, 0.1) is 5.92 Å². The molecule has 29 heavy (non-hydrogen) atoms. The van der Waals surface area contributed by atoms with Gasteiger partial charge in [-0.25, -0.2) is 0 Å². The Morgan fingerprint density at radius 2 is 1.34 bits per heavy atom. The maximum Gasteiger partial charge on any atom is 0.236 e. The summed E-state index contributed by atoms with van der Waals surface area (Å²) in [5.74, 6) is -1.57. The normalized spacial score (nSPS) is 18.9. The van der Waals surface area contributed by atoms with Crippen LogP contribution in [0.4, 0.5) is 0 Å². The van der Waals surface area contributed by atoms with Gasteiger partial charge >= 0.3 is 0 Å². The Balaban J connectivity index is 1.71. The lowest BCUT2D eigenvalue weighted by atomic mass is 9.78. The van der Waals surface area contributed by atoms with Crippen LogP contribution in [-0.4, -0.2) is 11.7 Å². The third-order valence-corrected chi connectivity index (χ3v) is 5.05. The average Bonchev–Trinajstić information content (AvgIpc) is 2.79. The Labute approximate surface area is 170 Å². The lowest BCUT2D eigenvalue weighted by molar-refractivity contribution is -0.123. The number of amides is 1. The van der Waals surface area contributed by atoms with Crippen LogP contribution in [0.5, 0.6) is 0 Å². The van der Waals surface area contributed by atoms with Crippen molar-refractivity contribution >= 4 is 17.8 Å². The summed E-state index contributed by atoms with van der Waals surface area (Å²) < 4.78 is 0. The summed E-state index contributed by atoms with van der Waals surface area (Å²) in [6.45, 7) is 0. The van der Waals surface area contributed by atoms with Gasteiger partial charge in [-0.15, -0.1) is 0 Å². The van der Waals surface area contributed by atoms with Crippen LogP contribution in [0.1, 0.15) is 27.4 Å². The molecule has 1 N–H and O–H groups in total. The predicted octanol–water partition coefficient (Wildman–Crippen LogP) is 5.00. The highest BCUT2D eigenvalue weighted by atomic mass is 16.2. The van der Waals surface area contributed by atoms with Crippen molar-refractivity contribution in [2.24, 2.45) is 5.92 Å². The number of nitrogens with one attached hydrogen (secondary N) is 1. The number of rotatable bonds is 5. The van der Waals surface area contributed by atoms with E-state index in [0.29, 0.717) is 11.3 Å². The number of hydrogen-bond acceptors (Lipinski definition) is 2. The smallest absolute Gasteiger partial charge is 0.236 e. The molecule has 4 rings (SSSR count). The first kappa shape index (κ1) is 18.6. The number of hydrogen-bond donors (Lipinski definition) is 1. The van der Waals surface area contributed by atoms with Crippen molar-refractivity contribution in [3.63, 3.8) is 0 Å². The van der Waals surface area contributed by atoms with E-state index in [-0.39, 0.29) is 17.6 Å². The van der Waals surface area contributed by atoms with Gasteiger partial charge in [-0.2, -0.15) is 0 Å². The van der Waals surface area contributed by atoms with E-state index in [0.717, 1.165) is 11.1 Å². The summed E-state index contributed by atoms with van der Waals surface area (Å²) in [4.78, 5) is 26.2. The topological polar surface area (TPSA) is 46.2 Å². The fourth-order valence-corrected chi connectivity index (χ4v) is 3.59. The van der Waals surface area contributed by atoms with Crippen molar-refractivity contribution in [3.05, 3.63) is 126 Å². The molecule has 3 nitrogen and oxygen atoms in total. The third-order valence-electron chi connectivity index (χ3n) is 5.05. The molecule has 0 saturated heterocycles. The standard InChI is InChI=1S/C26H21NO2/c28-25(21-14-8-3-9-15-21)24-23(20-12-6-2-7-13-20)18-22(27-26(24)29)17-16-19-10-4-1-5-11-19/h1-18,23-24H,(H,27,29). The average molecular weight is 379 g/mol. The SMILES string of the molecule is O=C1NC(C=Cc2ccccc2)=CC(c2ccccc2)C1C(=O)c1ccccc1. The van der Waals surface area contributed by atoms with E-state index in [1.807, 2.05) is 97.1 Å². The molecule has 0 fully saturated rings. The van der Waals surface area contributed by atoms with Crippen LogP contribution in [0.25, 0.3) is 6.08 Å². The number of benzene rings is 3.